The molecule has 5 atom stereocenters. The molecule has 5 unspecified atom stereocenters. The Labute approximate surface area is 188 Å². The van der Waals surface area contributed by atoms with E-state index in [1.807, 2.05) is 67.6 Å². The summed E-state index contributed by atoms with van der Waals surface area (Å²) in [5.74, 6) is -1.07. The van der Waals surface area contributed by atoms with Crippen LogP contribution in [-0.4, -0.2) is 43.1 Å². The first-order valence-corrected chi connectivity index (χ1v) is 10.7. The summed E-state index contributed by atoms with van der Waals surface area (Å²) in [6, 6.07) is 19.4. The van der Waals surface area contributed by atoms with Crippen LogP contribution in [0.15, 0.2) is 60.7 Å². The minimum absolute atomic E-state index is 0.0552. The third-order valence-corrected chi connectivity index (χ3v) is 5.30. The van der Waals surface area contributed by atoms with Gasteiger partial charge in [-0.25, -0.2) is 0 Å². The molecule has 0 radical (unpaired) electrons. The highest BCUT2D eigenvalue weighted by Gasteiger charge is 2.47. The first-order valence-electron chi connectivity index (χ1n) is 10.7. The maximum absolute atomic E-state index is 11.9. The summed E-state index contributed by atoms with van der Waals surface area (Å²) in [7, 11) is 0. The van der Waals surface area contributed by atoms with Crippen LogP contribution in [0.4, 0.5) is 0 Å². The van der Waals surface area contributed by atoms with E-state index in [4.69, 9.17) is 23.7 Å². The molecule has 1 fully saturated rings. The molecule has 7 nitrogen and oxygen atoms in total. The number of rotatable bonds is 9. The maximum atomic E-state index is 11.9. The van der Waals surface area contributed by atoms with Crippen LogP contribution < -0.4 is 0 Å². The zero-order valence-electron chi connectivity index (χ0n) is 18.6. The number of carbonyl (C=O) groups excluding carboxylic acids is 2. The summed E-state index contributed by atoms with van der Waals surface area (Å²) in [5, 5.41) is 0. The standard InChI is InChI=1S/C25H30O7/c1-17-22(16-28-18(2)26)32-25(30-15-21-12-8-5-9-13-21)24(31-19(3)27)23(17)29-14-20-10-6-4-7-11-20/h4-13,17,22-25H,14-16H2,1-3H3. The molecule has 1 aliphatic rings. The summed E-state index contributed by atoms with van der Waals surface area (Å²) < 4.78 is 29.2. The van der Waals surface area contributed by atoms with Gasteiger partial charge in [-0.3, -0.25) is 9.59 Å². The molecule has 1 saturated heterocycles. The molecule has 0 saturated carbocycles. The molecule has 2 aromatic carbocycles. The van der Waals surface area contributed by atoms with Crippen LogP contribution in [0.3, 0.4) is 0 Å². The molecule has 0 amide bonds. The topological polar surface area (TPSA) is 80.3 Å². The molecule has 7 heteroatoms. The number of benzene rings is 2. The minimum atomic E-state index is -0.878. The summed E-state index contributed by atoms with van der Waals surface area (Å²) >= 11 is 0. The zero-order chi connectivity index (χ0) is 22.9. The lowest BCUT2D eigenvalue weighted by Crippen LogP contribution is -2.57. The van der Waals surface area contributed by atoms with Gasteiger partial charge in [-0.15, -0.1) is 0 Å². The van der Waals surface area contributed by atoms with Crippen molar-refractivity contribution in [1.82, 2.24) is 0 Å². The van der Waals surface area contributed by atoms with Crippen LogP contribution in [0.1, 0.15) is 31.9 Å². The third-order valence-electron chi connectivity index (χ3n) is 5.30. The molecule has 1 heterocycles. The second-order valence-corrected chi connectivity index (χ2v) is 7.84. The van der Waals surface area contributed by atoms with Crippen LogP contribution in [0.25, 0.3) is 0 Å². The number of esters is 2. The second-order valence-electron chi connectivity index (χ2n) is 7.84. The average molecular weight is 443 g/mol. The van der Waals surface area contributed by atoms with Gasteiger partial charge in [-0.05, 0) is 11.1 Å². The number of carbonyl (C=O) groups is 2. The Morgan fingerprint density at radius 1 is 0.812 bits per heavy atom. The Morgan fingerprint density at radius 3 is 1.91 bits per heavy atom. The van der Waals surface area contributed by atoms with Gasteiger partial charge in [0.1, 0.15) is 18.8 Å². The lowest BCUT2D eigenvalue weighted by molar-refractivity contribution is -0.303. The van der Waals surface area contributed by atoms with E-state index in [0.29, 0.717) is 6.61 Å². The molecule has 3 rings (SSSR count). The van der Waals surface area contributed by atoms with E-state index in [9.17, 15) is 9.59 Å². The molecule has 32 heavy (non-hydrogen) atoms. The average Bonchev–Trinajstić information content (AvgIpc) is 2.78. The predicted molar refractivity (Wildman–Crippen MR) is 116 cm³/mol. The lowest BCUT2D eigenvalue weighted by atomic mass is 9.90. The van der Waals surface area contributed by atoms with Crippen molar-refractivity contribution in [2.75, 3.05) is 6.61 Å². The highest BCUT2D eigenvalue weighted by atomic mass is 16.7. The smallest absolute Gasteiger partial charge is 0.303 e. The zero-order valence-corrected chi connectivity index (χ0v) is 18.6. The molecular formula is C25H30O7. The Bertz CT molecular complexity index is 855. The van der Waals surface area contributed by atoms with Crippen LogP contribution in [0.2, 0.25) is 0 Å². The van der Waals surface area contributed by atoms with Crippen LogP contribution in [-0.2, 0) is 46.5 Å². The van der Waals surface area contributed by atoms with Gasteiger partial charge < -0.3 is 23.7 Å². The van der Waals surface area contributed by atoms with Crippen molar-refractivity contribution in [3.63, 3.8) is 0 Å². The highest BCUT2D eigenvalue weighted by Crippen LogP contribution is 2.32. The first kappa shape index (κ1) is 23.9. The third kappa shape index (κ3) is 6.88. The van der Waals surface area contributed by atoms with E-state index >= 15 is 0 Å². The van der Waals surface area contributed by atoms with Gasteiger partial charge in [-0.1, -0.05) is 67.6 Å². The summed E-state index contributed by atoms with van der Waals surface area (Å²) in [5.41, 5.74) is 1.95. The van der Waals surface area contributed by atoms with Gasteiger partial charge in [0.25, 0.3) is 0 Å². The second kappa shape index (κ2) is 11.8. The first-order chi connectivity index (χ1) is 15.4. The number of hydrogen-bond acceptors (Lipinski definition) is 7. The van der Waals surface area contributed by atoms with Crippen LogP contribution in [0.5, 0.6) is 0 Å². The molecule has 0 N–H and O–H groups in total. The fraction of sp³-hybridized carbons (Fsp3) is 0.440. The van der Waals surface area contributed by atoms with E-state index in [0.717, 1.165) is 11.1 Å². The van der Waals surface area contributed by atoms with Crippen molar-refractivity contribution in [2.45, 2.75) is 58.6 Å². The van der Waals surface area contributed by atoms with Gasteiger partial charge in [0, 0.05) is 19.8 Å². The van der Waals surface area contributed by atoms with E-state index in [2.05, 4.69) is 0 Å². The van der Waals surface area contributed by atoms with Crippen LogP contribution >= 0.6 is 0 Å². The quantitative estimate of drug-likeness (QED) is 0.549. The monoisotopic (exact) mass is 442 g/mol. The van der Waals surface area contributed by atoms with Crippen molar-refractivity contribution in [3.8, 4) is 0 Å². The molecule has 1 aliphatic heterocycles. The number of hydrogen-bond donors (Lipinski definition) is 0. The summed E-state index contributed by atoms with van der Waals surface area (Å²) in [6.07, 6.45) is -2.65. The SMILES string of the molecule is CC(=O)OCC1OC(OCc2ccccc2)C(OC(C)=O)C(OCc2ccccc2)C1C. The Kier molecular flexibility index (Phi) is 8.79. The van der Waals surface area contributed by atoms with Gasteiger partial charge >= 0.3 is 11.9 Å². The lowest BCUT2D eigenvalue weighted by Gasteiger charge is -2.44. The van der Waals surface area contributed by atoms with Crippen molar-refractivity contribution in [2.24, 2.45) is 5.92 Å². The largest absolute Gasteiger partial charge is 0.463 e. The maximum Gasteiger partial charge on any atom is 0.303 e. The Morgan fingerprint density at radius 2 is 1.38 bits per heavy atom. The van der Waals surface area contributed by atoms with E-state index < -0.39 is 36.5 Å². The van der Waals surface area contributed by atoms with Gasteiger partial charge in [-0.2, -0.15) is 0 Å². The fourth-order valence-corrected chi connectivity index (χ4v) is 3.64. The van der Waals surface area contributed by atoms with E-state index in [-0.39, 0.29) is 19.1 Å². The summed E-state index contributed by atoms with van der Waals surface area (Å²) in [4.78, 5) is 23.3. The van der Waals surface area contributed by atoms with Crippen molar-refractivity contribution in [1.29, 1.82) is 0 Å². The molecule has 0 bridgehead atoms. The highest BCUT2D eigenvalue weighted by molar-refractivity contribution is 5.66. The summed E-state index contributed by atoms with van der Waals surface area (Å²) in [6.45, 7) is 5.27. The molecule has 0 aromatic heterocycles. The fourth-order valence-electron chi connectivity index (χ4n) is 3.64. The Hall–Kier alpha value is -2.74. The molecular weight excluding hydrogens is 412 g/mol. The predicted octanol–water partition coefficient (Wildman–Crippen LogP) is 3.64. The van der Waals surface area contributed by atoms with Crippen molar-refractivity contribution < 1.29 is 33.3 Å². The molecule has 2 aromatic rings. The van der Waals surface area contributed by atoms with Crippen LogP contribution in [0, 0.1) is 5.92 Å². The van der Waals surface area contributed by atoms with Gasteiger partial charge in [0.15, 0.2) is 12.4 Å². The minimum Gasteiger partial charge on any atom is -0.463 e. The molecule has 0 aliphatic carbocycles. The number of ether oxygens (including phenoxy) is 5. The molecule has 0 spiro atoms. The van der Waals surface area contributed by atoms with E-state index in [1.54, 1.807) is 0 Å². The Balaban J connectivity index is 1.80. The van der Waals surface area contributed by atoms with Crippen molar-refractivity contribution >= 4 is 11.9 Å². The van der Waals surface area contributed by atoms with Crippen molar-refractivity contribution in [3.05, 3.63) is 71.8 Å². The van der Waals surface area contributed by atoms with Gasteiger partial charge in [0.05, 0.1) is 13.2 Å². The van der Waals surface area contributed by atoms with E-state index in [1.165, 1.54) is 13.8 Å². The van der Waals surface area contributed by atoms with Gasteiger partial charge in [0.2, 0.25) is 0 Å². The molecule has 172 valence electrons. The normalized spacial score (nSPS) is 25.2.